The van der Waals surface area contributed by atoms with Crippen LogP contribution in [-0.4, -0.2) is 44.0 Å². The number of hydrogen-bond donors (Lipinski definition) is 6. The second kappa shape index (κ2) is 9.28. The molecule has 0 aromatic rings. The van der Waals surface area contributed by atoms with E-state index in [0.29, 0.717) is 25.8 Å². The molecular formula is C10H26N2O6P2. The van der Waals surface area contributed by atoms with Crippen LogP contribution >= 0.6 is 15.2 Å². The summed E-state index contributed by atoms with van der Waals surface area (Å²) in [6, 6.07) is -0.0989. The lowest BCUT2D eigenvalue weighted by Gasteiger charge is -2.18. The van der Waals surface area contributed by atoms with Gasteiger partial charge in [0.1, 0.15) is 0 Å². The molecule has 0 fully saturated rings. The summed E-state index contributed by atoms with van der Waals surface area (Å²) in [4.78, 5) is 35.9. The molecule has 0 aliphatic carbocycles. The molecule has 0 saturated heterocycles. The Morgan fingerprint density at radius 1 is 0.900 bits per heavy atom. The first-order valence-corrected chi connectivity index (χ1v) is 10.1. The highest BCUT2D eigenvalue weighted by Crippen LogP contribution is 2.47. The molecule has 0 saturated carbocycles. The molecule has 0 aliphatic heterocycles. The first-order chi connectivity index (χ1) is 9.06. The smallest absolute Gasteiger partial charge is 0.328 e. The standard InChI is InChI=1S/C10H26N2O6P2/c11-8-9(12)4-1-2-5-10(20(16,17)18)6-3-7-19(13,14)15/h9-10H,1-8,11-12H2,(H2,13,14,15)(H2,16,17,18). The Balaban J connectivity index is 4.11. The topological polar surface area (TPSA) is 167 Å². The minimum atomic E-state index is -4.24. The fourth-order valence-corrected chi connectivity index (χ4v) is 3.55. The van der Waals surface area contributed by atoms with Crippen LogP contribution < -0.4 is 11.5 Å². The SMILES string of the molecule is NCC(N)CCCCC(CCCP(=O)(O)O)P(=O)(O)O. The molecule has 0 radical (unpaired) electrons. The van der Waals surface area contributed by atoms with Crippen molar-refractivity contribution in [3.05, 3.63) is 0 Å². The Morgan fingerprint density at radius 2 is 1.40 bits per heavy atom. The minimum Gasteiger partial charge on any atom is -0.329 e. The fourth-order valence-electron chi connectivity index (χ4n) is 1.92. The largest absolute Gasteiger partial charge is 0.329 e. The maximum Gasteiger partial charge on any atom is 0.328 e. The third kappa shape index (κ3) is 10.9. The van der Waals surface area contributed by atoms with Gasteiger partial charge in [-0.2, -0.15) is 0 Å². The van der Waals surface area contributed by atoms with Crippen LogP contribution in [0.1, 0.15) is 38.5 Å². The Labute approximate surface area is 119 Å². The van der Waals surface area contributed by atoms with E-state index in [-0.39, 0.29) is 25.0 Å². The maximum absolute atomic E-state index is 11.3. The molecule has 10 heteroatoms. The van der Waals surface area contributed by atoms with Crippen LogP contribution in [0.15, 0.2) is 0 Å². The van der Waals surface area contributed by atoms with Crippen LogP contribution in [0.2, 0.25) is 0 Å². The van der Waals surface area contributed by atoms with Gasteiger partial charge in [0, 0.05) is 18.7 Å². The summed E-state index contributed by atoms with van der Waals surface area (Å²) in [5.41, 5.74) is 10.2. The molecule has 122 valence electrons. The number of unbranched alkanes of at least 4 members (excludes halogenated alkanes) is 1. The van der Waals surface area contributed by atoms with Gasteiger partial charge in [0.05, 0.1) is 5.66 Å². The summed E-state index contributed by atoms with van der Waals surface area (Å²) in [6.45, 7) is 0.379. The Hall–Kier alpha value is 0.220. The molecule has 2 atom stereocenters. The van der Waals surface area contributed by atoms with Crippen LogP contribution in [0.25, 0.3) is 0 Å². The maximum atomic E-state index is 11.3. The number of rotatable bonds is 11. The zero-order valence-electron chi connectivity index (χ0n) is 11.5. The van der Waals surface area contributed by atoms with Gasteiger partial charge in [0.2, 0.25) is 0 Å². The van der Waals surface area contributed by atoms with Crippen molar-refractivity contribution >= 4 is 15.2 Å². The van der Waals surface area contributed by atoms with Crippen molar-refractivity contribution in [2.24, 2.45) is 11.5 Å². The summed E-state index contributed by atoms with van der Waals surface area (Å²) in [7, 11) is -8.34. The van der Waals surface area contributed by atoms with Crippen LogP contribution in [0.5, 0.6) is 0 Å². The molecule has 0 rings (SSSR count). The van der Waals surface area contributed by atoms with E-state index in [1.54, 1.807) is 0 Å². The molecule has 0 aromatic heterocycles. The molecule has 2 unspecified atom stereocenters. The molecule has 8 nitrogen and oxygen atoms in total. The number of nitrogens with two attached hydrogens (primary N) is 2. The second-order valence-electron chi connectivity index (χ2n) is 5.05. The van der Waals surface area contributed by atoms with Gasteiger partial charge in [0.15, 0.2) is 0 Å². The van der Waals surface area contributed by atoms with E-state index in [4.69, 9.17) is 21.3 Å². The van der Waals surface area contributed by atoms with E-state index in [2.05, 4.69) is 0 Å². The number of hydrogen-bond acceptors (Lipinski definition) is 4. The quantitative estimate of drug-likeness (QED) is 0.232. The summed E-state index contributed by atoms with van der Waals surface area (Å²) in [5.74, 6) is 0. The van der Waals surface area contributed by atoms with Gasteiger partial charge in [-0.25, -0.2) is 0 Å². The third-order valence-electron chi connectivity index (χ3n) is 3.13. The van der Waals surface area contributed by atoms with E-state index in [1.807, 2.05) is 0 Å². The Bertz CT molecular complexity index is 356. The average Bonchev–Trinajstić information content (AvgIpc) is 2.28. The van der Waals surface area contributed by atoms with Crippen LogP contribution in [0, 0.1) is 0 Å². The molecular weight excluding hydrogens is 306 g/mol. The van der Waals surface area contributed by atoms with Gasteiger partial charge in [0.25, 0.3) is 0 Å². The van der Waals surface area contributed by atoms with Crippen molar-refractivity contribution in [3.8, 4) is 0 Å². The second-order valence-corrected chi connectivity index (χ2v) is 8.74. The van der Waals surface area contributed by atoms with E-state index >= 15 is 0 Å². The molecule has 0 aromatic carbocycles. The van der Waals surface area contributed by atoms with Crippen molar-refractivity contribution in [1.29, 1.82) is 0 Å². The van der Waals surface area contributed by atoms with Gasteiger partial charge in [-0.3, -0.25) is 9.13 Å². The highest BCUT2D eigenvalue weighted by atomic mass is 31.2. The first kappa shape index (κ1) is 20.2. The molecule has 20 heavy (non-hydrogen) atoms. The normalized spacial score (nSPS) is 16.1. The monoisotopic (exact) mass is 332 g/mol. The summed E-state index contributed by atoms with van der Waals surface area (Å²) >= 11 is 0. The van der Waals surface area contributed by atoms with Gasteiger partial charge in [-0.05, 0) is 25.7 Å². The Kier molecular flexibility index (Phi) is 9.38. The van der Waals surface area contributed by atoms with Crippen molar-refractivity contribution < 1.29 is 28.7 Å². The zero-order chi connectivity index (χ0) is 15.8. The lowest BCUT2D eigenvalue weighted by molar-refractivity contribution is 0.343. The lowest BCUT2D eigenvalue weighted by Crippen LogP contribution is -2.29. The van der Waals surface area contributed by atoms with E-state index in [1.165, 1.54) is 0 Å². The molecule has 0 aliphatic rings. The average molecular weight is 332 g/mol. The van der Waals surface area contributed by atoms with E-state index in [0.717, 1.165) is 6.42 Å². The van der Waals surface area contributed by atoms with Crippen molar-refractivity contribution in [2.75, 3.05) is 12.7 Å². The third-order valence-corrected chi connectivity index (χ3v) is 5.49. The fraction of sp³-hybridized carbons (Fsp3) is 1.00. The predicted molar refractivity (Wildman–Crippen MR) is 77.5 cm³/mol. The van der Waals surface area contributed by atoms with Crippen molar-refractivity contribution in [3.63, 3.8) is 0 Å². The highest BCUT2D eigenvalue weighted by Gasteiger charge is 2.28. The first-order valence-electron chi connectivity index (χ1n) is 6.61. The van der Waals surface area contributed by atoms with Gasteiger partial charge >= 0.3 is 15.2 Å². The van der Waals surface area contributed by atoms with Crippen molar-refractivity contribution in [2.45, 2.75) is 50.2 Å². The van der Waals surface area contributed by atoms with Gasteiger partial charge in [-0.1, -0.05) is 12.8 Å². The van der Waals surface area contributed by atoms with Gasteiger partial charge in [-0.15, -0.1) is 0 Å². The highest BCUT2D eigenvalue weighted by molar-refractivity contribution is 7.52. The summed E-state index contributed by atoms with van der Waals surface area (Å²) < 4.78 is 22.0. The van der Waals surface area contributed by atoms with Crippen LogP contribution in [0.3, 0.4) is 0 Å². The molecule has 8 N–H and O–H groups in total. The minimum absolute atomic E-state index is 0.0989. The predicted octanol–water partition coefficient (Wildman–Crippen LogP) is 0.337. The van der Waals surface area contributed by atoms with Crippen LogP contribution in [-0.2, 0) is 9.13 Å². The Morgan fingerprint density at radius 3 is 1.85 bits per heavy atom. The molecule has 0 amide bonds. The lowest BCUT2D eigenvalue weighted by atomic mass is 10.1. The molecule has 0 heterocycles. The summed E-state index contributed by atoms with van der Waals surface area (Å²) in [5, 5.41) is 0. The van der Waals surface area contributed by atoms with E-state index < -0.39 is 20.9 Å². The van der Waals surface area contributed by atoms with Gasteiger partial charge < -0.3 is 31.0 Å². The van der Waals surface area contributed by atoms with E-state index in [9.17, 15) is 18.9 Å². The van der Waals surface area contributed by atoms with Crippen LogP contribution in [0.4, 0.5) is 0 Å². The summed E-state index contributed by atoms with van der Waals surface area (Å²) in [6.07, 6.45) is 2.23. The zero-order valence-corrected chi connectivity index (χ0v) is 13.3. The molecule has 0 spiro atoms. The molecule has 0 bridgehead atoms. The van der Waals surface area contributed by atoms with Crippen molar-refractivity contribution in [1.82, 2.24) is 0 Å².